The van der Waals surface area contributed by atoms with Gasteiger partial charge in [-0.1, -0.05) is 6.07 Å². The van der Waals surface area contributed by atoms with Crippen LogP contribution < -0.4 is 14.2 Å². The van der Waals surface area contributed by atoms with Gasteiger partial charge < -0.3 is 19.1 Å². The number of aryl methyl sites for hydroxylation is 1. The predicted octanol–water partition coefficient (Wildman–Crippen LogP) is 4.61. The number of amides is 1. The topological polar surface area (TPSA) is 73.8 Å². The Morgan fingerprint density at radius 3 is 2.25 bits per heavy atom. The van der Waals surface area contributed by atoms with Gasteiger partial charge in [0.25, 0.3) is 5.91 Å². The quantitative estimate of drug-likeness (QED) is 0.565. The van der Waals surface area contributed by atoms with Crippen molar-refractivity contribution in [1.82, 2.24) is 14.9 Å². The standard InChI is InChI=1S/C25H27N3O4/c1-17-4-5-19(15-26-17)18-10-12-28(13-11-18)25(29)22-14-23(31-3)24(16-27-22)32-21-8-6-20(30-2)7-9-21/h4-9,14-16,18H,10-13H2,1-3H3. The maximum Gasteiger partial charge on any atom is 0.272 e. The molecule has 0 aliphatic carbocycles. The Hall–Kier alpha value is -3.61. The van der Waals surface area contributed by atoms with E-state index >= 15 is 0 Å². The molecule has 7 nitrogen and oxygen atoms in total. The average Bonchev–Trinajstić information content (AvgIpc) is 2.85. The third-order valence-electron chi connectivity index (χ3n) is 5.75. The van der Waals surface area contributed by atoms with Gasteiger partial charge in [-0.3, -0.25) is 9.78 Å². The first-order valence-electron chi connectivity index (χ1n) is 10.6. The molecule has 2 aromatic heterocycles. The molecule has 0 radical (unpaired) electrons. The summed E-state index contributed by atoms with van der Waals surface area (Å²) in [5.74, 6) is 2.60. The number of rotatable bonds is 6. The van der Waals surface area contributed by atoms with E-state index < -0.39 is 0 Å². The largest absolute Gasteiger partial charge is 0.497 e. The first kappa shape index (κ1) is 21.6. The summed E-state index contributed by atoms with van der Waals surface area (Å²) in [6.07, 6.45) is 5.30. The van der Waals surface area contributed by atoms with E-state index in [0.717, 1.165) is 24.3 Å². The average molecular weight is 434 g/mol. The maximum absolute atomic E-state index is 13.0. The maximum atomic E-state index is 13.0. The molecule has 4 rings (SSSR count). The van der Waals surface area contributed by atoms with E-state index in [1.807, 2.05) is 36.2 Å². The molecule has 3 heterocycles. The van der Waals surface area contributed by atoms with Gasteiger partial charge in [-0.15, -0.1) is 0 Å². The van der Waals surface area contributed by atoms with Gasteiger partial charge in [0.2, 0.25) is 0 Å². The van der Waals surface area contributed by atoms with Crippen molar-refractivity contribution in [2.24, 2.45) is 0 Å². The molecule has 1 amide bonds. The monoisotopic (exact) mass is 433 g/mol. The van der Waals surface area contributed by atoms with Crippen LogP contribution >= 0.6 is 0 Å². The summed E-state index contributed by atoms with van der Waals surface area (Å²) in [5.41, 5.74) is 2.60. The second-order valence-electron chi connectivity index (χ2n) is 7.80. The highest BCUT2D eigenvalue weighted by Gasteiger charge is 2.26. The van der Waals surface area contributed by atoms with Gasteiger partial charge in [0, 0.05) is 31.0 Å². The van der Waals surface area contributed by atoms with Crippen molar-refractivity contribution < 1.29 is 19.0 Å². The van der Waals surface area contributed by atoms with Gasteiger partial charge in [-0.25, -0.2) is 4.98 Å². The molecule has 1 saturated heterocycles. The first-order chi connectivity index (χ1) is 15.6. The van der Waals surface area contributed by atoms with Gasteiger partial charge in [-0.2, -0.15) is 0 Å². The Labute approximate surface area is 188 Å². The van der Waals surface area contributed by atoms with E-state index in [2.05, 4.69) is 16.0 Å². The van der Waals surface area contributed by atoms with Crippen LogP contribution in [0.2, 0.25) is 0 Å². The number of piperidine rings is 1. The molecule has 1 aromatic carbocycles. The lowest BCUT2D eigenvalue weighted by atomic mass is 9.90. The summed E-state index contributed by atoms with van der Waals surface area (Å²) in [6.45, 7) is 3.36. The Kier molecular flexibility index (Phi) is 6.54. The van der Waals surface area contributed by atoms with Crippen molar-refractivity contribution in [3.05, 3.63) is 71.8 Å². The van der Waals surface area contributed by atoms with E-state index in [-0.39, 0.29) is 5.91 Å². The fraction of sp³-hybridized carbons (Fsp3) is 0.320. The summed E-state index contributed by atoms with van der Waals surface area (Å²) in [5, 5.41) is 0. The Balaban J connectivity index is 1.42. The van der Waals surface area contributed by atoms with E-state index in [1.54, 1.807) is 32.4 Å². The van der Waals surface area contributed by atoms with Crippen molar-refractivity contribution in [1.29, 1.82) is 0 Å². The van der Waals surface area contributed by atoms with Crippen LogP contribution in [-0.4, -0.2) is 48.1 Å². The van der Waals surface area contributed by atoms with Crippen LogP contribution in [0.3, 0.4) is 0 Å². The number of methoxy groups -OCH3 is 2. The van der Waals surface area contributed by atoms with Crippen molar-refractivity contribution in [2.75, 3.05) is 27.3 Å². The number of carbonyl (C=O) groups is 1. The number of aromatic nitrogens is 2. The van der Waals surface area contributed by atoms with Crippen LogP contribution in [0.15, 0.2) is 54.9 Å². The highest BCUT2D eigenvalue weighted by molar-refractivity contribution is 5.93. The third kappa shape index (κ3) is 4.82. The van der Waals surface area contributed by atoms with E-state index in [1.165, 1.54) is 11.8 Å². The fourth-order valence-electron chi connectivity index (χ4n) is 3.85. The number of carbonyl (C=O) groups excluding carboxylic acids is 1. The van der Waals surface area contributed by atoms with Gasteiger partial charge in [0.05, 0.1) is 20.4 Å². The Morgan fingerprint density at radius 2 is 1.62 bits per heavy atom. The molecular formula is C25H27N3O4. The molecule has 0 spiro atoms. The molecule has 0 bridgehead atoms. The first-order valence-corrected chi connectivity index (χ1v) is 10.6. The lowest BCUT2D eigenvalue weighted by molar-refractivity contribution is 0.0706. The molecule has 0 atom stereocenters. The molecule has 7 heteroatoms. The van der Waals surface area contributed by atoms with Crippen molar-refractivity contribution in [3.63, 3.8) is 0 Å². The zero-order chi connectivity index (χ0) is 22.5. The summed E-state index contributed by atoms with van der Waals surface area (Å²) < 4.78 is 16.5. The van der Waals surface area contributed by atoms with Crippen LogP contribution in [0.1, 0.15) is 40.5 Å². The zero-order valence-electron chi connectivity index (χ0n) is 18.6. The molecule has 1 aliphatic rings. The summed E-state index contributed by atoms with van der Waals surface area (Å²) in [4.78, 5) is 23.6. The lowest BCUT2D eigenvalue weighted by Crippen LogP contribution is -2.38. The smallest absolute Gasteiger partial charge is 0.272 e. The van der Waals surface area contributed by atoms with Crippen LogP contribution in [-0.2, 0) is 0 Å². The lowest BCUT2D eigenvalue weighted by Gasteiger charge is -2.32. The van der Waals surface area contributed by atoms with Crippen LogP contribution in [0.25, 0.3) is 0 Å². The van der Waals surface area contributed by atoms with Crippen molar-refractivity contribution in [3.8, 4) is 23.0 Å². The number of likely N-dealkylation sites (tertiary alicyclic amines) is 1. The molecule has 0 unspecified atom stereocenters. The van der Waals surface area contributed by atoms with Gasteiger partial charge in [0.1, 0.15) is 17.2 Å². The second-order valence-corrected chi connectivity index (χ2v) is 7.80. The van der Waals surface area contributed by atoms with Crippen molar-refractivity contribution >= 4 is 5.91 Å². The number of ether oxygens (including phenoxy) is 3. The highest BCUT2D eigenvalue weighted by atomic mass is 16.5. The predicted molar refractivity (Wildman–Crippen MR) is 121 cm³/mol. The third-order valence-corrected chi connectivity index (χ3v) is 5.75. The van der Waals surface area contributed by atoms with E-state index in [4.69, 9.17) is 14.2 Å². The molecule has 3 aromatic rings. The van der Waals surface area contributed by atoms with Gasteiger partial charge in [-0.05, 0) is 61.6 Å². The van der Waals surface area contributed by atoms with E-state index in [0.29, 0.717) is 41.9 Å². The SMILES string of the molecule is COc1ccc(Oc2cnc(C(=O)N3CCC(c4ccc(C)nc4)CC3)cc2OC)cc1. The fourth-order valence-corrected chi connectivity index (χ4v) is 3.85. The van der Waals surface area contributed by atoms with Crippen LogP contribution in [0, 0.1) is 6.92 Å². The Morgan fingerprint density at radius 1 is 0.906 bits per heavy atom. The van der Waals surface area contributed by atoms with Crippen LogP contribution in [0.4, 0.5) is 0 Å². The second kappa shape index (κ2) is 9.68. The molecule has 0 saturated carbocycles. The van der Waals surface area contributed by atoms with Crippen LogP contribution in [0.5, 0.6) is 23.0 Å². The van der Waals surface area contributed by atoms with Gasteiger partial charge in [0.15, 0.2) is 11.5 Å². The van der Waals surface area contributed by atoms with E-state index in [9.17, 15) is 4.79 Å². The molecule has 32 heavy (non-hydrogen) atoms. The molecular weight excluding hydrogens is 406 g/mol. The number of nitrogens with zero attached hydrogens (tertiary/aromatic N) is 3. The summed E-state index contributed by atoms with van der Waals surface area (Å²) >= 11 is 0. The minimum Gasteiger partial charge on any atom is -0.497 e. The minimum absolute atomic E-state index is 0.0974. The summed E-state index contributed by atoms with van der Waals surface area (Å²) in [7, 11) is 3.16. The number of hydrogen-bond donors (Lipinski definition) is 0. The highest BCUT2D eigenvalue weighted by Crippen LogP contribution is 2.33. The van der Waals surface area contributed by atoms with Crippen molar-refractivity contribution in [2.45, 2.75) is 25.7 Å². The molecule has 166 valence electrons. The normalized spacial score (nSPS) is 14.2. The Bertz CT molecular complexity index is 1060. The number of pyridine rings is 2. The zero-order valence-corrected chi connectivity index (χ0v) is 18.6. The molecule has 1 fully saturated rings. The number of hydrogen-bond acceptors (Lipinski definition) is 6. The number of benzene rings is 1. The molecule has 1 aliphatic heterocycles. The summed E-state index contributed by atoms with van der Waals surface area (Å²) in [6, 6.07) is 13.0. The van der Waals surface area contributed by atoms with Gasteiger partial charge >= 0.3 is 0 Å². The minimum atomic E-state index is -0.0974. The molecule has 0 N–H and O–H groups in total.